The minimum Gasteiger partial charge on any atom is -0.359 e. The van der Waals surface area contributed by atoms with E-state index >= 15 is 0 Å². The second-order valence-electron chi connectivity index (χ2n) is 5.20. The fourth-order valence-corrected chi connectivity index (χ4v) is 2.57. The van der Waals surface area contributed by atoms with Crippen LogP contribution in [0.5, 0.6) is 0 Å². The first kappa shape index (κ1) is 14.6. The van der Waals surface area contributed by atoms with Crippen molar-refractivity contribution in [2.45, 2.75) is 13.3 Å². The van der Waals surface area contributed by atoms with Gasteiger partial charge in [0.25, 0.3) is 0 Å². The molecule has 0 spiro atoms. The Balaban J connectivity index is 2.21. The summed E-state index contributed by atoms with van der Waals surface area (Å²) in [5.74, 6) is -0.0430. The number of amides is 1. The fraction of sp³-hybridized carbons (Fsp3) is 0.176. The fourth-order valence-electron chi connectivity index (χ4n) is 2.45. The summed E-state index contributed by atoms with van der Waals surface area (Å²) in [6.07, 6.45) is 2.28. The Kier molecular flexibility index (Phi) is 3.86. The lowest BCUT2D eigenvalue weighted by molar-refractivity contribution is -0.120. The molecule has 0 unspecified atom stereocenters. The van der Waals surface area contributed by atoms with Gasteiger partial charge in [0.1, 0.15) is 5.65 Å². The van der Waals surface area contributed by atoms with Crippen molar-refractivity contribution < 1.29 is 4.79 Å². The Morgan fingerprint density at radius 2 is 1.95 bits per heavy atom. The lowest BCUT2D eigenvalue weighted by Crippen LogP contribution is -2.21. The quantitative estimate of drug-likeness (QED) is 0.807. The number of fused-ring (bicyclic) bond motifs is 1. The molecule has 5 heteroatoms. The molecule has 4 nitrogen and oxygen atoms in total. The van der Waals surface area contributed by atoms with Crippen molar-refractivity contribution in [3.63, 3.8) is 0 Å². The molecule has 0 aliphatic heterocycles. The Hall–Kier alpha value is -2.33. The molecule has 0 saturated heterocycles. The number of carbonyl (C=O) groups is 1. The van der Waals surface area contributed by atoms with Crippen LogP contribution in [0, 0.1) is 6.92 Å². The van der Waals surface area contributed by atoms with E-state index in [1.807, 2.05) is 53.9 Å². The second kappa shape index (κ2) is 5.81. The first-order valence-electron chi connectivity index (χ1n) is 7.02. The van der Waals surface area contributed by atoms with Gasteiger partial charge in [-0.15, -0.1) is 0 Å². The van der Waals surface area contributed by atoms with E-state index in [2.05, 4.69) is 10.3 Å². The van der Waals surface area contributed by atoms with E-state index in [4.69, 9.17) is 11.6 Å². The van der Waals surface area contributed by atoms with E-state index in [1.165, 1.54) is 0 Å². The van der Waals surface area contributed by atoms with E-state index in [-0.39, 0.29) is 12.3 Å². The van der Waals surface area contributed by atoms with Gasteiger partial charge in [-0.05, 0) is 30.7 Å². The molecule has 3 aromatic rings. The maximum Gasteiger partial charge on any atom is 0.225 e. The largest absolute Gasteiger partial charge is 0.359 e. The number of rotatable bonds is 3. The van der Waals surface area contributed by atoms with Gasteiger partial charge in [0.2, 0.25) is 5.91 Å². The Morgan fingerprint density at radius 3 is 2.64 bits per heavy atom. The van der Waals surface area contributed by atoms with Crippen LogP contribution in [0.25, 0.3) is 16.9 Å². The topological polar surface area (TPSA) is 46.4 Å². The van der Waals surface area contributed by atoms with Crippen molar-refractivity contribution in [1.29, 1.82) is 0 Å². The smallest absolute Gasteiger partial charge is 0.225 e. The highest BCUT2D eigenvalue weighted by Gasteiger charge is 2.16. The van der Waals surface area contributed by atoms with Crippen LogP contribution in [-0.2, 0) is 11.2 Å². The van der Waals surface area contributed by atoms with Crippen molar-refractivity contribution in [3.8, 4) is 11.3 Å². The van der Waals surface area contributed by atoms with Crippen LogP contribution in [0.2, 0.25) is 5.02 Å². The molecule has 1 aromatic carbocycles. The maximum atomic E-state index is 11.9. The number of hydrogen-bond donors (Lipinski definition) is 1. The highest BCUT2D eigenvalue weighted by atomic mass is 35.5. The van der Waals surface area contributed by atoms with Crippen LogP contribution in [0.3, 0.4) is 0 Å². The molecule has 0 saturated carbocycles. The van der Waals surface area contributed by atoms with Gasteiger partial charge in [-0.25, -0.2) is 4.98 Å². The normalized spacial score (nSPS) is 10.9. The van der Waals surface area contributed by atoms with Gasteiger partial charge in [-0.3, -0.25) is 4.79 Å². The zero-order valence-corrected chi connectivity index (χ0v) is 13.2. The number of carbonyl (C=O) groups excluding carboxylic acids is 1. The number of halogens is 1. The molecule has 1 N–H and O–H groups in total. The molecule has 0 bridgehead atoms. The first-order chi connectivity index (χ1) is 10.6. The van der Waals surface area contributed by atoms with Crippen molar-refractivity contribution in [2.24, 2.45) is 0 Å². The highest BCUT2D eigenvalue weighted by molar-refractivity contribution is 6.30. The van der Waals surface area contributed by atoms with Gasteiger partial charge in [0, 0.05) is 23.8 Å². The summed E-state index contributed by atoms with van der Waals surface area (Å²) >= 11 is 5.96. The van der Waals surface area contributed by atoms with Crippen molar-refractivity contribution in [2.75, 3.05) is 7.05 Å². The minimum atomic E-state index is -0.0430. The van der Waals surface area contributed by atoms with Crippen molar-refractivity contribution in [1.82, 2.24) is 14.7 Å². The number of nitrogens with one attached hydrogen (secondary N) is 1. The van der Waals surface area contributed by atoms with Gasteiger partial charge < -0.3 is 9.72 Å². The average molecular weight is 314 g/mol. The third-order valence-electron chi connectivity index (χ3n) is 3.59. The molecule has 0 fully saturated rings. The van der Waals surface area contributed by atoms with Gasteiger partial charge in [0.05, 0.1) is 17.8 Å². The Bertz CT molecular complexity index is 837. The number of nitrogens with zero attached hydrogens (tertiary/aromatic N) is 2. The highest BCUT2D eigenvalue weighted by Crippen LogP contribution is 2.26. The molecule has 0 atom stereocenters. The third-order valence-corrected chi connectivity index (χ3v) is 3.84. The first-order valence-corrected chi connectivity index (χ1v) is 7.40. The predicted molar refractivity (Wildman–Crippen MR) is 88.1 cm³/mol. The van der Waals surface area contributed by atoms with E-state index < -0.39 is 0 Å². The lowest BCUT2D eigenvalue weighted by atomic mass is 10.1. The molecule has 3 rings (SSSR count). The zero-order chi connectivity index (χ0) is 15.7. The molecule has 112 valence electrons. The number of aromatic nitrogens is 2. The van der Waals surface area contributed by atoms with Crippen LogP contribution < -0.4 is 5.32 Å². The van der Waals surface area contributed by atoms with E-state index in [9.17, 15) is 4.79 Å². The molecule has 2 heterocycles. The molecule has 0 radical (unpaired) electrons. The summed E-state index contributed by atoms with van der Waals surface area (Å²) in [7, 11) is 1.64. The lowest BCUT2D eigenvalue weighted by Gasteiger charge is -2.05. The number of benzene rings is 1. The van der Waals surface area contributed by atoms with Crippen LogP contribution in [0.1, 0.15) is 11.3 Å². The summed E-state index contributed by atoms with van der Waals surface area (Å²) < 4.78 is 1.98. The van der Waals surface area contributed by atoms with E-state index in [0.717, 1.165) is 28.2 Å². The number of aryl methyl sites for hydroxylation is 1. The van der Waals surface area contributed by atoms with Gasteiger partial charge >= 0.3 is 0 Å². The summed E-state index contributed by atoms with van der Waals surface area (Å²) in [6, 6.07) is 11.5. The van der Waals surface area contributed by atoms with Crippen LogP contribution in [-0.4, -0.2) is 22.3 Å². The summed E-state index contributed by atoms with van der Waals surface area (Å²) in [6.45, 7) is 2.02. The zero-order valence-electron chi connectivity index (χ0n) is 12.4. The Morgan fingerprint density at radius 1 is 1.23 bits per heavy atom. The average Bonchev–Trinajstić information content (AvgIpc) is 2.86. The third kappa shape index (κ3) is 2.70. The maximum absolute atomic E-state index is 11.9. The predicted octanol–water partition coefficient (Wildman–Crippen LogP) is 3.25. The molecule has 0 aliphatic rings. The van der Waals surface area contributed by atoms with Crippen molar-refractivity contribution >= 4 is 23.2 Å². The van der Waals surface area contributed by atoms with Crippen LogP contribution >= 0.6 is 11.6 Å². The molecule has 22 heavy (non-hydrogen) atoms. The molecule has 1 amide bonds. The SMILES string of the molecule is CNC(=O)Cc1c(-c2ccc(Cl)cc2)nc2ccc(C)cn12. The number of hydrogen-bond acceptors (Lipinski definition) is 2. The molecular formula is C17H16ClN3O. The summed E-state index contributed by atoms with van der Waals surface area (Å²) in [4.78, 5) is 16.6. The Labute approximate surface area is 133 Å². The second-order valence-corrected chi connectivity index (χ2v) is 5.64. The van der Waals surface area contributed by atoms with Gasteiger partial charge in [-0.1, -0.05) is 29.8 Å². The minimum absolute atomic E-state index is 0.0430. The molecular weight excluding hydrogens is 298 g/mol. The van der Waals surface area contributed by atoms with Gasteiger partial charge in [0.15, 0.2) is 0 Å². The number of pyridine rings is 1. The molecule has 2 aromatic heterocycles. The van der Waals surface area contributed by atoms with E-state index in [1.54, 1.807) is 7.05 Å². The number of imidazole rings is 1. The standard InChI is InChI=1S/C17H16ClN3O/c1-11-3-8-15-20-17(12-4-6-13(18)7-5-12)14(21(15)10-11)9-16(22)19-2/h3-8,10H,9H2,1-2H3,(H,19,22). The van der Waals surface area contributed by atoms with Crippen molar-refractivity contribution in [3.05, 3.63) is 58.9 Å². The monoisotopic (exact) mass is 313 g/mol. The summed E-state index contributed by atoms with van der Waals surface area (Å²) in [5.41, 5.74) is 4.58. The summed E-state index contributed by atoms with van der Waals surface area (Å²) in [5, 5.41) is 3.35. The number of likely N-dealkylation sites (N-methyl/N-ethyl adjacent to an activating group) is 1. The van der Waals surface area contributed by atoms with Crippen LogP contribution in [0.4, 0.5) is 0 Å². The van der Waals surface area contributed by atoms with E-state index in [0.29, 0.717) is 5.02 Å². The van der Waals surface area contributed by atoms with Gasteiger partial charge in [-0.2, -0.15) is 0 Å². The molecule has 0 aliphatic carbocycles. The van der Waals surface area contributed by atoms with Crippen LogP contribution in [0.15, 0.2) is 42.6 Å².